The van der Waals surface area contributed by atoms with Crippen LogP contribution in [0.2, 0.25) is 5.02 Å². The molecule has 0 unspecified atom stereocenters. The van der Waals surface area contributed by atoms with Crippen LogP contribution >= 0.6 is 23.2 Å². The number of carbonyl (C=O) groups is 1. The fraction of sp³-hybridized carbons (Fsp3) is 0.417. The van der Waals surface area contributed by atoms with Crippen LogP contribution in [0.1, 0.15) is 23.2 Å². The molecule has 1 aromatic carbocycles. The first-order valence-electron chi connectivity index (χ1n) is 5.46. The van der Waals surface area contributed by atoms with E-state index >= 15 is 0 Å². The lowest BCUT2D eigenvalue weighted by Crippen LogP contribution is -2.31. The lowest BCUT2D eigenvalue weighted by molar-refractivity contribution is 0.0942. The number of hydrogen-bond donors (Lipinski definition) is 1. The molecule has 98 valence electrons. The van der Waals surface area contributed by atoms with E-state index in [2.05, 4.69) is 5.32 Å². The standard InChI is InChI=1S/C12H11Cl2F2NO/c13-5-12(1-2-12)6-17-11(18)7-3-10(16)8(14)4-9(7)15/h3-4H,1-2,5-6H2,(H,17,18). The highest BCUT2D eigenvalue weighted by Gasteiger charge is 2.41. The maximum atomic E-state index is 13.5. The van der Waals surface area contributed by atoms with Gasteiger partial charge in [-0.25, -0.2) is 8.78 Å². The summed E-state index contributed by atoms with van der Waals surface area (Å²) in [6.45, 7) is 0.374. The van der Waals surface area contributed by atoms with Gasteiger partial charge in [-0.3, -0.25) is 4.79 Å². The minimum atomic E-state index is -0.838. The van der Waals surface area contributed by atoms with Gasteiger partial charge in [-0.05, 0) is 25.0 Å². The second-order valence-corrected chi connectivity index (χ2v) is 5.24. The minimum Gasteiger partial charge on any atom is -0.351 e. The van der Waals surface area contributed by atoms with Gasteiger partial charge in [0.1, 0.15) is 11.6 Å². The van der Waals surface area contributed by atoms with Gasteiger partial charge in [0.2, 0.25) is 0 Å². The quantitative estimate of drug-likeness (QED) is 0.669. The minimum absolute atomic E-state index is 0.0708. The number of rotatable bonds is 4. The fourth-order valence-electron chi connectivity index (χ4n) is 1.59. The Morgan fingerprint density at radius 3 is 2.56 bits per heavy atom. The molecule has 18 heavy (non-hydrogen) atoms. The first-order chi connectivity index (χ1) is 8.47. The molecule has 2 nitrogen and oxygen atoms in total. The third-order valence-corrected chi connectivity index (χ3v) is 3.98. The van der Waals surface area contributed by atoms with Crippen molar-refractivity contribution in [2.75, 3.05) is 12.4 Å². The predicted molar refractivity (Wildman–Crippen MR) is 66.1 cm³/mol. The van der Waals surface area contributed by atoms with Gasteiger partial charge < -0.3 is 5.32 Å². The van der Waals surface area contributed by atoms with Crippen LogP contribution in [0.25, 0.3) is 0 Å². The normalized spacial score (nSPS) is 16.4. The van der Waals surface area contributed by atoms with Gasteiger partial charge in [-0.2, -0.15) is 0 Å². The van der Waals surface area contributed by atoms with Crippen LogP contribution in [0.15, 0.2) is 12.1 Å². The molecule has 0 saturated heterocycles. The molecule has 1 aliphatic carbocycles. The maximum Gasteiger partial charge on any atom is 0.254 e. The topological polar surface area (TPSA) is 29.1 Å². The van der Waals surface area contributed by atoms with Crippen molar-refractivity contribution in [2.24, 2.45) is 5.41 Å². The lowest BCUT2D eigenvalue weighted by Gasteiger charge is -2.12. The number of benzene rings is 1. The molecule has 1 amide bonds. The monoisotopic (exact) mass is 293 g/mol. The smallest absolute Gasteiger partial charge is 0.254 e. The van der Waals surface area contributed by atoms with Gasteiger partial charge in [0.15, 0.2) is 0 Å². The van der Waals surface area contributed by atoms with E-state index in [1.165, 1.54) is 0 Å². The van der Waals surface area contributed by atoms with Crippen LogP contribution in [-0.4, -0.2) is 18.3 Å². The molecule has 6 heteroatoms. The maximum absolute atomic E-state index is 13.5. The van der Waals surface area contributed by atoms with Crippen LogP contribution in [0, 0.1) is 17.0 Å². The van der Waals surface area contributed by atoms with E-state index < -0.39 is 17.5 Å². The largest absolute Gasteiger partial charge is 0.351 e. The molecule has 0 bridgehead atoms. The molecule has 1 N–H and O–H groups in total. The van der Waals surface area contributed by atoms with E-state index in [1.807, 2.05) is 0 Å². The number of amides is 1. The van der Waals surface area contributed by atoms with Crippen LogP contribution in [-0.2, 0) is 0 Å². The summed E-state index contributed by atoms with van der Waals surface area (Å²) in [6, 6.07) is 1.59. The summed E-state index contributed by atoms with van der Waals surface area (Å²) in [6.07, 6.45) is 1.88. The van der Waals surface area contributed by atoms with Crippen molar-refractivity contribution >= 4 is 29.1 Å². The van der Waals surface area contributed by atoms with Gasteiger partial charge in [-0.1, -0.05) is 11.6 Å². The summed E-state index contributed by atoms with van der Waals surface area (Å²) in [5.41, 5.74) is -0.416. The highest BCUT2D eigenvalue weighted by molar-refractivity contribution is 6.30. The van der Waals surface area contributed by atoms with Gasteiger partial charge in [-0.15, -0.1) is 11.6 Å². The van der Waals surface area contributed by atoms with Crippen LogP contribution in [0.4, 0.5) is 8.78 Å². The summed E-state index contributed by atoms with van der Waals surface area (Å²) in [5.74, 6) is -1.86. The predicted octanol–water partition coefficient (Wildman–Crippen LogP) is 3.37. The zero-order valence-electron chi connectivity index (χ0n) is 9.40. The van der Waals surface area contributed by atoms with E-state index in [-0.39, 0.29) is 16.0 Å². The Balaban J connectivity index is 2.07. The number of alkyl halides is 1. The Kier molecular flexibility index (Phi) is 3.78. The van der Waals surface area contributed by atoms with Crippen molar-refractivity contribution in [2.45, 2.75) is 12.8 Å². The van der Waals surface area contributed by atoms with Crippen molar-refractivity contribution in [3.63, 3.8) is 0 Å². The van der Waals surface area contributed by atoms with E-state index in [9.17, 15) is 13.6 Å². The van der Waals surface area contributed by atoms with Crippen LogP contribution in [0.5, 0.6) is 0 Å². The Labute approximate surface area is 113 Å². The second-order valence-electron chi connectivity index (χ2n) is 4.56. The van der Waals surface area contributed by atoms with Crippen molar-refractivity contribution in [1.29, 1.82) is 0 Å². The van der Waals surface area contributed by atoms with Crippen molar-refractivity contribution in [1.82, 2.24) is 5.32 Å². The molecule has 1 saturated carbocycles. The van der Waals surface area contributed by atoms with Crippen molar-refractivity contribution in [3.8, 4) is 0 Å². The Bertz CT molecular complexity index is 489. The molecule has 0 radical (unpaired) electrons. The summed E-state index contributed by atoms with van der Waals surface area (Å²) in [4.78, 5) is 11.7. The van der Waals surface area contributed by atoms with E-state index in [1.54, 1.807) is 0 Å². The first kappa shape index (κ1) is 13.6. The molecule has 0 aromatic heterocycles. The lowest BCUT2D eigenvalue weighted by atomic mass is 10.1. The number of hydrogen-bond acceptors (Lipinski definition) is 1. The van der Waals surface area contributed by atoms with Gasteiger partial charge >= 0.3 is 0 Å². The summed E-state index contributed by atoms with van der Waals surface area (Å²) >= 11 is 11.2. The number of halogens is 4. The molecule has 0 spiro atoms. The number of nitrogens with one attached hydrogen (secondary N) is 1. The summed E-state index contributed by atoms with van der Waals surface area (Å²) in [7, 11) is 0. The van der Waals surface area contributed by atoms with Crippen molar-refractivity contribution in [3.05, 3.63) is 34.4 Å². The molecule has 1 aliphatic rings. The first-order valence-corrected chi connectivity index (χ1v) is 6.37. The van der Waals surface area contributed by atoms with Crippen LogP contribution < -0.4 is 5.32 Å². The molecule has 0 heterocycles. The molecular weight excluding hydrogens is 283 g/mol. The molecule has 0 atom stereocenters. The molecule has 0 aliphatic heterocycles. The molecule has 1 aromatic rings. The Hall–Kier alpha value is -0.870. The fourth-order valence-corrected chi connectivity index (χ4v) is 2.11. The zero-order chi connectivity index (χ0) is 13.3. The molecule has 1 fully saturated rings. The average molecular weight is 294 g/mol. The van der Waals surface area contributed by atoms with Gasteiger partial charge in [0.25, 0.3) is 5.91 Å². The third-order valence-electron chi connectivity index (χ3n) is 3.12. The molecule has 2 rings (SSSR count). The van der Waals surface area contributed by atoms with Crippen molar-refractivity contribution < 1.29 is 13.6 Å². The van der Waals surface area contributed by atoms with E-state index in [0.717, 1.165) is 25.0 Å². The van der Waals surface area contributed by atoms with Gasteiger partial charge in [0, 0.05) is 17.8 Å². The third kappa shape index (κ3) is 2.75. The number of carbonyl (C=O) groups excluding carboxylic acids is 1. The Morgan fingerprint density at radius 1 is 1.33 bits per heavy atom. The summed E-state index contributed by atoms with van der Waals surface area (Å²) in [5, 5.41) is 2.22. The van der Waals surface area contributed by atoms with Gasteiger partial charge in [0.05, 0.1) is 10.6 Å². The zero-order valence-corrected chi connectivity index (χ0v) is 10.9. The highest BCUT2D eigenvalue weighted by atomic mass is 35.5. The SMILES string of the molecule is O=C(NCC1(CCl)CC1)c1cc(F)c(Cl)cc1F. The average Bonchev–Trinajstić information content (AvgIpc) is 3.11. The second kappa shape index (κ2) is 5.02. The van der Waals surface area contributed by atoms with E-state index in [0.29, 0.717) is 12.4 Å². The van der Waals surface area contributed by atoms with Crippen LogP contribution in [0.3, 0.4) is 0 Å². The van der Waals surface area contributed by atoms with E-state index in [4.69, 9.17) is 23.2 Å². The Morgan fingerprint density at radius 2 is 2.00 bits per heavy atom. The highest BCUT2D eigenvalue weighted by Crippen LogP contribution is 2.45. The molecular formula is C12H11Cl2F2NO. The summed E-state index contributed by atoms with van der Waals surface area (Å²) < 4.78 is 26.6.